The molecule has 0 aliphatic rings. The summed E-state index contributed by atoms with van der Waals surface area (Å²) in [4.78, 5) is 32.9. The number of carboxylic acid groups (broad SMARTS) is 1. The van der Waals surface area contributed by atoms with Crippen molar-refractivity contribution in [3.8, 4) is 0 Å². The van der Waals surface area contributed by atoms with Crippen LogP contribution in [0.5, 0.6) is 0 Å². The lowest BCUT2D eigenvalue weighted by Crippen LogP contribution is -2.20. The van der Waals surface area contributed by atoms with E-state index in [4.69, 9.17) is 10.8 Å². The van der Waals surface area contributed by atoms with Crippen molar-refractivity contribution in [3.63, 3.8) is 0 Å². The van der Waals surface area contributed by atoms with Gasteiger partial charge in [-0.2, -0.15) is 0 Å². The van der Waals surface area contributed by atoms with E-state index in [0.717, 1.165) is 0 Å². The molecule has 0 radical (unpaired) electrons. The molecule has 0 unspecified atom stereocenters. The average molecular weight is 255 g/mol. The number of hydrogen-bond acceptors (Lipinski definition) is 6. The van der Waals surface area contributed by atoms with Crippen LogP contribution in [0.25, 0.3) is 0 Å². The highest BCUT2D eigenvalue weighted by Crippen LogP contribution is 2.18. The summed E-state index contributed by atoms with van der Waals surface area (Å²) in [6.07, 6.45) is 0.364. The fraction of sp³-hybridized carbons (Fsp3) is 0.111. The van der Waals surface area contributed by atoms with Gasteiger partial charge in [0.1, 0.15) is 12.2 Å². The minimum atomic E-state index is -1.54. The number of nitrogens with zero attached hydrogens (tertiary/aromatic N) is 1. The van der Waals surface area contributed by atoms with Gasteiger partial charge < -0.3 is 20.1 Å². The van der Waals surface area contributed by atoms with Gasteiger partial charge in [0.25, 0.3) is 11.7 Å². The van der Waals surface area contributed by atoms with Crippen LogP contribution < -0.4 is 11.1 Å². The Labute approximate surface area is 100 Å². The maximum atomic E-state index is 11.2. The maximum Gasteiger partial charge on any atom is 0.413 e. The molecule has 0 atom stereocenters. The Morgan fingerprint density at radius 1 is 1.56 bits per heavy atom. The van der Waals surface area contributed by atoms with Gasteiger partial charge in [-0.25, -0.2) is 9.59 Å². The summed E-state index contributed by atoms with van der Waals surface area (Å²) in [7, 11) is 0. The van der Waals surface area contributed by atoms with Crippen LogP contribution in [0.4, 0.5) is 10.6 Å². The summed E-state index contributed by atoms with van der Waals surface area (Å²) in [5.41, 5.74) is 4.42. The quantitative estimate of drug-likeness (QED) is 0.637. The van der Waals surface area contributed by atoms with Crippen molar-refractivity contribution in [2.75, 3.05) is 11.9 Å². The number of primary amides is 1. The van der Waals surface area contributed by atoms with Crippen molar-refractivity contribution in [1.82, 2.24) is 5.16 Å². The fourth-order valence-corrected chi connectivity index (χ4v) is 1.02. The molecule has 0 saturated heterocycles. The fourth-order valence-electron chi connectivity index (χ4n) is 1.02. The van der Waals surface area contributed by atoms with E-state index in [9.17, 15) is 14.4 Å². The highest BCUT2D eigenvalue weighted by Gasteiger charge is 2.27. The Hall–Kier alpha value is -2.84. The Kier molecular flexibility index (Phi) is 4.02. The van der Waals surface area contributed by atoms with Crippen molar-refractivity contribution in [1.29, 1.82) is 0 Å². The summed E-state index contributed by atoms with van der Waals surface area (Å²) in [6, 6.07) is 0. The van der Waals surface area contributed by atoms with Gasteiger partial charge in [0.15, 0.2) is 5.82 Å². The highest BCUT2D eigenvalue weighted by molar-refractivity contribution is 6.07. The van der Waals surface area contributed by atoms with Crippen LogP contribution in [0.1, 0.15) is 20.9 Å². The second kappa shape index (κ2) is 5.48. The Balaban J connectivity index is 2.96. The van der Waals surface area contributed by atoms with Crippen molar-refractivity contribution in [2.45, 2.75) is 0 Å². The average Bonchev–Trinajstić information content (AvgIpc) is 2.70. The first kappa shape index (κ1) is 13.2. The van der Waals surface area contributed by atoms with Gasteiger partial charge in [-0.05, 0) is 0 Å². The number of carbonyl (C=O) groups excluding carboxylic acids is 2. The van der Waals surface area contributed by atoms with Gasteiger partial charge in [0, 0.05) is 0 Å². The molecule has 9 heteroatoms. The molecule has 2 amide bonds. The molecule has 1 heterocycles. The lowest BCUT2D eigenvalue weighted by Gasteiger charge is -2.02. The second-order valence-corrected chi connectivity index (χ2v) is 2.92. The zero-order valence-electron chi connectivity index (χ0n) is 9.00. The number of nitrogens with one attached hydrogen (secondary N) is 1. The monoisotopic (exact) mass is 255 g/mol. The predicted octanol–water partition coefficient (Wildman–Crippen LogP) is 0.206. The van der Waals surface area contributed by atoms with Crippen LogP contribution in [0.3, 0.4) is 0 Å². The van der Waals surface area contributed by atoms with Gasteiger partial charge in [0.05, 0.1) is 0 Å². The molecule has 0 fully saturated rings. The molecule has 1 rings (SSSR count). The SMILES string of the molecule is C=CCOC(=O)Nc1noc(C(=O)O)c1C(N)=O. The van der Waals surface area contributed by atoms with E-state index in [1.165, 1.54) is 6.08 Å². The maximum absolute atomic E-state index is 11.2. The van der Waals surface area contributed by atoms with Gasteiger partial charge in [0.2, 0.25) is 0 Å². The first-order chi connectivity index (χ1) is 8.47. The molecule has 0 aliphatic carbocycles. The second-order valence-electron chi connectivity index (χ2n) is 2.92. The van der Waals surface area contributed by atoms with E-state index in [1.807, 2.05) is 5.32 Å². The van der Waals surface area contributed by atoms with Gasteiger partial charge in [-0.1, -0.05) is 17.8 Å². The summed E-state index contributed by atoms with van der Waals surface area (Å²) in [5.74, 6) is -3.83. The topological polar surface area (TPSA) is 145 Å². The normalized spacial score (nSPS) is 9.56. The third kappa shape index (κ3) is 2.84. The van der Waals surface area contributed by atoms with Crippen LogP contribution in [0, 0.1) is 0 Å². The predicted molar refractivity (Wildman–Crippen MR) is 57.1 cm³/mol. The summed E-state index contributed by atoms with van der Waals surface area (Å²) in [5, 5.41) is 13.9. The number of carbonyl (C=O) groups is 3. The zero-order valence-corrected chi connectivity index (χ0v) is 9.00. The van der Waals surface area contributed by atoms with Gasteiger partial charge in [-0.15, -0.1) is 0 Å². The van der Waals surface area contributed by atoms with Crippen LogP contribution in [0.2, 0.25) is 0 Å². The number of aromatic carboxylic acids is 1. The molecule has 1 aromatic heterocycles. The van der Waals surface area contributed by atoms with E-state index in [1.54, 1.807) is 0 Å². The molecule has 96 valence electrons. The van der Waals surface area contributed by atoms with Crippen LogP contribution >= 0.6 is 0 Å². The van der Waals surface area contributed by atoms with Gasteiger partial charge >= 0.3 is 12.1 Å². The standard InChI is InChI=1S/C9H9N3O6/c1-2-3-17-9(16)11-7-4(6(10)13)5(8(14)15)18-12-7/h2H,1,3H2,(H2,10,13)(H,14,15)(H,11,12,16). The number of aromatic nitrogens is 1. The molecule has 1 aromatic rings. The van der Waals surface area contributed by atoms with E-state index < -0.39 is 35.1 Å². The van der Waals surface area contributed by atoms with Crippen LogP contribution in [0.15, 0.2) is 17.2 Å². The number of rotatable bonds is 5. The van der Waals surface area contributed by atoms with Crippen molar-refractivity contribution in [2.24, 2.45) is 5.73 Å². The van der Waals surface area contributed by atoms with Crippen LogP contribution in [-0.2, 0) is 4.74 Å². The number of anilines is 1. The van der Waals surface area contributed by atoms with E-state index in [2.05, 4.69) is 21.0 Å². The molecule has 0 bridgehead atoms. The highest BCUT2D eigenvalue weighted by atomic mass is 16.5. The number of ether oxygens (including phenoxy) is 1. The third-order valence-electron chi connectivity index (χ3n) is 1.69. The first-order valence-corrected chi connectivity index (χ1v) is 4.54. The number of carboxylic acids is 1. The molecule has 0 spiro atoms. The summed E-state index contributed by atoms with van der Waals surface area (Å²) < 4.78 is 8.93. The molecule has 0 saturated carbocycles. The molecule has 18 heavy (non-hydrogen) atoms. The minimum absolute atomic E-state index is 0.0681. The minimum Gasteiger partial charge on any atom is -0.475 e. The smallest absolute Gasteiger partial charge is 0.413 e. The van der Waals surface area contributed by atoms with Crippen molar-refractivity contribution < 1.29 is 28.8 Å². The lowest BCUT2D eigenvalue weighted by molar-refractivity contribution is 0.0646. The summed E-state index contributed by atoms with van der Waals surface area (Å²) >= 11 is 0. The van der Waals surface area contributed by atoms with Gasteiger partial charge in [-0.3, -0.25) is 10.1 Å². The van der Waals surface area contributed by atoms with Crippen molar-refractivity contribution >= 4 is 23.8 Å². The zero-order chi connectivity index (χ0) is 13.7. The Morgan fingerprint density at radius 2 is 2.22 bits per heavy atom. The molecule has 0 aliphatic heterocycles. The Morgan fingerprint density at radius 3 is 2.72 bits per heavy atom. The summed E-state index contributed by atoms with van der Waals surface area (Å²) in [6.45, 7) is 3.25. The molecule has 0 aromatic carbocycles. The third-order valence-corrected chi connectivity index (χ3v) is 1.69. The lowest BCUT2D eigenvalue weighted by atomic mass is 10.2. The molecular weight excluding hydrogens is 246 g/mol. The Bertz CT molecular complexity index is 506. The van der Waals surface area contributed by atoms with Crippen molar-refractivity contribution in [3.05, 3.63) is 24.0 Å². The van der Waals surface area contributed by atoms with E-state index in [0.29, 0.717) is 0 Å². The molecule has 4 N–H and O–H groups in total. The number of nitrogens with two attached hydrogens (primary N) is 1. The number of amides is 2. The van der Waals surface area contributed by atoms with Crippen LogP contribution in [-0.4, -0.2) is 34.8 Å². The largest absolute Gasteiger partial charge is 0.475 e. The van der Waals surface area contributed by atoms with E-state index in [-0.39, 0.29) is 6.61 Å². The first-order valence-electron chi connectivity index (χ1n) is 4.54. The van der Waals surface area contributed by atoms with E-state index >= 15 is 0 Å². The molecular formula is C9H9N3O6. The molecule has 9 nitrogen and oxygen atoms in total. The number of hydrogen-bond donors (Lipinski definition) is 3.